The van der Waals surface area contributed by atoms with E-state index in [-0.39, 0.29) is 6.10 Å². The highest BCUT2D eigenvalue weighted by Gasteiger charge is 2.40. The standard InChI is InChI=1S/C19H29NO/c1-13(2)14-3-9-17(10-4-14)19(21)12-20-11-18(15-5-6-15)16-7-8-16/h3-4,9-10,13,15-16,18-21H,5-8,11-12H2,1-2H3. The van der Waals surface area contributed by atoms with Crippen LogP contribution in [0.5, 0.6) is 0 Å². The SMILES string of the molecule is CC(C)c1ccc(C(O)CNCC(C2CC2)C2CC2)cc1. The van der Waals surface area contributed by atoms with Gasteiger partial charge in [-0.1, -0.05) is 38.1 Å². The molecule has 0 amide bonds. The molecule has 0 spiro atoms. The van der Waals surface area contributed by atoms with Crippen molar-refractivity contribution in [2.75, 3.05) is 13.1 Å². The van der Waals surface area contributed by atoms with Crippen LogP contribution in [0, 0.1) is 17.8 Å². The van der Waals surface area contributed by atoms with Crippen LogP contribution in [0.15, 0.2) is 24.3 Å². The molecule has 0 heterocycles. The predicted octanol–water partition coefficient (Wildman–Crippen LogP) is 3.87. The van der Waals surface area contributed by atoms with Gasteiger partial charge in [0, 0.05) is 6.54 Å². The van der Waals surface area contributed by atoms with Gasteiger partial charge in [-0.2, -0.15) is 0 Å². The molecule has 0 radical (unpaired) electrons. The minimum atomic E-state index is -0.384. The first-order valence-corrected chi connectivity index (χ1v) is 8.63. The topological polar surface area (TPSA) is 32.3 Å². The van der Waals surface area contributed by atoms with Crippen LogP contribution < -0.4 is 5.32 Å². The fraction of sp³-hybridized carbons (Fsp3) is 0.684. The molecule has 2 heteroatoms. The molecular weight excluding hydrogens is 258 g/mol. The smallest absolute Gasteiger partial charge is 0.0914 e. The van der Waals surface area contributed by atoms with Gasteiger partial charge in [-0.3, -0.25) is 0 Å². The fourth-order valence-electron chi connectivity index (χ4n) is 3.37. The van der Waals surface area contributed by atoms with Gasteiger partial charge < -0.3 is 10.4 Å². The van der Waals surface area contributed by atoms with E-state index in [2.05, 4.69) is 43.4 Å². The zero-order chi connectivity index (χ0) is 14.8. The van der Waals surface area contributed by atoms with Gasteiger partial charge in [-0.05, 0) is 67.0 Å². The third-order valence-electron chi connectivity index (χ3n) is 5.16. The number of hydrogen-bond acceptors (Lipinski definition) is 2. The van der Waals surface area contributed by atoms with E-state index in [4.69, 9.17) is 0 Å². The highest BCUT2D eigenvalue weighted by Crippen LogP contribution is 2.48. The summed E-state index contributed by atoms with van der Waals surface area (Å²) in [5.41, 5.74) is 2.36. The Kier molecular flexibility index (Phi) is 4.66. The normalized spacial score (nSPS) is 20.2. The Morgan fingerprint density at radius 3 is 1.95 bits per heavy atom. The van der Waals surface area contributed by atoms with Crippen molar-refractivity contribution < 1.29 is 5.11 Å². The van der Waals surface area contributed by atoms with Crippen molar-refractivity contribution in [2.24, 2.45) is 17.8 Å². The van der Waals surface area contributed by atoms with Crippen molar-refractivity contribution in [1.82, 2.24) is 5.32 Å². The Morgan fingerprint density at radius 2 is 1.48 bits per heavy atom. The van der Waals surface area contributed by atoms with E-state index in [1.165, 1.54) is 31.2 Å². The van der Waals surface area contributed by atoms with Gasteiger partial charge in [-0.15, -0.1) is 0 Å². The molecule has 2 aliphatic carbocycles. The lowest BCUT2D eigenvalue weighted by atomic mass is 9.97. The molecule has 2 fully saturated rings. The summed E-state index contributed by atoms with van der Waals surface area (Å²) < 4.78 is 0. The third-order valence-corrected chi connectivity index (χ3v) is 5.16. The molecule has 2 nitrogen and oxygen atoms in total. The van der Waals surface area contributed by atoms with Crippen LogP contribution in [0.2, 0.25) is 0 Å². The molecule has 116 valence electrons. The van der Waals surface area contributed by atoms with E-state index in [1.54, 1.807) is 0 Å². The molecule has 1 aromatic carbocycles. The average Bonchev–Trinajstić information content (AvgIpc) is 3.37. The predicted molar refractivity (Wildman–Crippen MR) is 87.3 cm³/mol. The maximum Gasteiger partial charge on any atom is 0.0914 e. The Labute approximate surface area is 129 Å². The van der Waals surface area contributed by atoms with E-state index < -0.39 is 0 Å². The summed E-state index contributed by atoms with van der Waals surface area (Å²) in [5, 5.41) is 13.8. The van der Waals surface area contributed by atoms with Crippen LogP contribution in [0.25, 0.3) is 0 Å². The zero-order valence-electron chi connectivity index (χ0n) is 13.4. The first-order valence-electron chi connectivity index (χ1n) is 8.63. The number of aliphatic hydroxyl groups excluding tert-OH is 1. The number of rotatable bonds is 8. The van der Waals surface area contributed by atoms with E-state index in [1.807, 2.05) is 0 Å². The van der Waals surface area contributed by atoms with Crippen LogP contribution in [-0.2, 0) is 0 Å². The number of hydrogen-bond donors (Lipinski definition) is 2. The molecule has 3 rings (SSSR count). The molecule has 1 atom stereocenters. The van der Waals surface area contributed by atoms with E-state index in [0.717, 1.165) is 29.9 Å². The van der Waals surface area contributed by atoms with Crippen LogP contribution in [0.4, 0.5) is 0 Å². The Balaban J connectivity index is 1.45. The molecule has 0 aromatic heterocycles. The molecule has 1 aromatic rings. The monoisotopic (exact) mass is 287 g/mol. The molecule has 0 aliphatic heterocycles. The van der Waals surface area contributed by atoms with E-state index >= 15 is 0 Å². The van der Waals surface area contributed by atoms with Crippen LogP contribution >= 0.6 is 0 Å². The van der Waals surface area contributed by atoms with Gasteiger partial charge in [0.05, 0.1) is 6.10 Å². The highest BCUT2D eigenvalue weighted by atomic mass is 16.3. The maximum atomic E-state index is 10.3. The van der Waals surface area contributed by atoms with Crippen LogP contribution in [0.1, 0.15) is 62.7 Å². The lowest BCUT2D eigenvalue weighted by Gasteiger charge is -2.18. The second-order valence-electron chi connectivity index (χ2n) is 7.33. The van der Waals surface area contributed by atoms with Crippen molar-refractivity contribution in [1.29, 1.82) is 0 Å². The minimum absolute atomic E-state index is 0.384. The summed E-state index contributed by atoms with van der Waals surface area (Å²) in [4.78, 5) is 0. The number of aliphatic hydroxyl groups is 1. The minimum Gasteiger partial charge on any atom is -0.387 e. The van der Waals surface area contributed by atoms with Crippen molar-refractivity contribution in [3.05, 3.63) is 35.4 Å². The summed E-state index contributed by atoms with van der Waals surface area (Å²) in [6.07, 6.45) is 5.35. The molecule has 2 saturated carbocycles. The van der Waals surface area contributed by atoms with Gasteiger partial charge in [0.1, 0.15) is 0 Å². The second kappa shape index (κ2) is 6.50. The summed E-state index contributed by atoms with van der Waals surface area (Å²) in [6.45, 7) is 6.17. The van der Waals surface area contributed by atoms with Gasteiger partial charge in [0.25, 0.3) is 0 Å². The first kappa shape index (κ1) is 15.1. The number of nitrogens with one attached hydrogen (secondary N) is 1. The van der Waals surface area contributed by atoms with E-state index in [9.17, 15) is 5.11 Å². The average molecular weight is 287 g/mol. The van der Waals surface area contributed by atoms with Gasteiger partial charge in [-0.25, -0.2) is 0 Å². The molecule has 21 heavy (non-hydrogen) atoms. The van der Waals surface area contributed by atoms with Crippen molar-refractivity contribution in [2.45, 2.75) is 51.6 Å². The molecule has 0 bridgehead atoms. The third kappa shape index (κ3) is 4.08. The Morgan fingerprint density at radius 1 is 0.952 bits per heavy atom. The van der Waals surface area contributed by atoms with Crippen molar-refractivity contribution in [3.8, 4) is 0 Å². The highest BCUT2D eigenvalue weighted by molar-refractivity contribution is 5.26. The molecule has 1 unspecified atom stereocenters. The zero-order valence-corrected chi connectivity index (χ0v) is 13.4. The lowest BCUT2D eigenvalue weighted by Crippen LogP contribution is -2.29. The Bertz CT molecular complexity index is 433. The van der Waals surface area contributed by atoms with Crippen LogP contribution in [-0.4, -0.2) is 18.2 Å². The second-order valence-corrected chi connectivity index (χ2v) is 7.33. The molecular formula is C19H29NO. The summed E-state index contributed by atoms with van der Waals surface area (Å²) in [7, 11) is 0. The van der Waals surface area contributed by atoms with Gasteiger partial charge >= 0.3 is 0 Å². The first-order chi connectivity index (χ1) is 10.1. The summed E-state index contributed by atoms with van der Waals surface area (Å²) >= 11 is 0. The van der Waals surface area contributed by atoms with Crippen molar-refractivity contribution in [3.63, 3.8) is 0 Å². The largest absolute Gasteiger partial charge is 0.387 e. The summed E-state index contributed by atoms with van der Waals surface area (Å²) in [5.74, 6) is 3.38. The fourth-order valence-corrected chi connectivity index (χ4v) is 3.37. The Hall–Kier alpha value is -0.860. The summed E-state index contributed by atoms with van der Waals surface area (Å²) in [6, 6.07) is 8.42. The maximum absolute atomic E-state index is 10.3. The molecule has 2 aliphatic rings. The number of benzene rings is 1. The van der Waals surface area contributed by atoms with Crippen LogP contribution in [0.3, 0.4) is 0 Å². The van der Waals surface area contributed by atoms with Gasteiger partial charge in [0.15, 0.2) is 0 Å². The van der Waals surface area contributed by atoms with Gasteiger partial charge in [0.2, 0.25) is 0 Å². The lowest BCUT2D eigenvalue weighted by molar-refractivity contribution is 0.171. The van der Waals surface area contributed by atoms with E-state index in [0.29, 0.717) is 12.5 Å². The molecule has 2 N–H and O–H groups in total. The van der Waals surface area contributed by atoms with Crippen molar-refractivity contribution >= 4 is 0 Å². The molecule has 0 saturated heterocycles. The quantitative estimate of drug-likeness (QED) is 0.761.